The summed E-state index contributed by atoms with van der Waals surface area (Å²) in [7, 11) is 1.71. The maximum absolute atomic E-state index is 7.00. The van der Waals surface area contributed by atoms with Crippen LogP contribution in [-0.2, 0) is 33.3 Å². The van der Waals surface area contributed by atoms with E-state index in [-0.39, 0.29) is 26.2 Å². The molecule has 1 N–H and O–H groups in total. The number of hydrogen-bond acceptors (Lipinski definition) is 1. The first-order valence-corrected chi connectivity index (χ1v) is 13.1. The van der Waals surface area contributed by atoms with E-state index in [0.717, 1.165) is 18.4 Å². The van der Waals surface area contributed by atoms with Crippen molar-refractivity contribution in [2.24, 2.45) is 7.05 Å². The molecule has 4 aromatic rings. The Bertz CT molecular complexity index is 921. The Balaban J connectivity index is 0.000000528. The van der Waals surface area contributed by atoms with Gasteiger partial charge in [0.15, 0.2) is 0 Å². The van der Waals surface area contributed by atoms with E-state index in [0.29, 0.717) is 0 Å². The van der Waals surface area contributed by atoms with Gasteiger partial charge in [-0.3, -0.25) is 0 Å². The van der Waals surface area contributed by atoms with Crippen LogP contribution in [0.15, 0.2) is 84.9 Å². The van der Waals surface area contributed by atoms with Crippen molar-refractivity contribution >= 4 is 19.0 Å². The van der Waals surface area contributed by atoms with Gasteiger partial charge in [0.2, 0.25) is 0 Å². The second kappa shape index (κ2) is 14.9. The van der Waals surface area contributed by atoms with Crippen molar-refractivity contribution in [3.63, 3.8) is 0 Å². The van der Waals surface area contributed by atoms with Gasteiger partial charge in [0.25, 0.3) is 0 Å². The van der Waals surface area contributed by atoms with E-state index >= 15 is 0 Å². The van der Waals surface area contributed by atoms with Gasteiger partial charge in [0, 0.05) is 19.7 Å². The number of aliphatic hydroxyl groups excluding tert-OH is 1. The number of fused-ring (bicyclic) bond motifs is 1. The molecular weight excluding hydrogens is 462 g/mol. The van der Waals surface area contributed by atoms with Crippen molar-refractivity contribution in [3.8, 4) is 11.5 Å². The molecule has 3 aromatic carbocycles. The summed E-state index contributed by atoms with van der Waals surface area (Å²) in [5, 5.41) is 8.21. The van der Waals surface area contributed by atoms with Gasteiger partial charge in [-0.05, 0) is 6.07 Å². The minimum absolute atomic E-state index is 0. The number of rotatable bonds is 0. The smallest absolute Gasteiger partial charge is 0.400 e. The Kier molecular flexibility index (Phi) is 13.8. The number of hydrogen-bond donors (Lipinski definition) is 1. The maximum Gasteiger partial charge on any atom is 3.00 e. The van der Waals surface area contributed by atoms with Crippen LogP contribution in [-0.4, -0.2) is 24.9 Å². The standard InChI is InChI=1S/C15H18NSi.2C5H5.CH4O.Zr/c1-12-13(10-11-17(3,4)5)14-8-6-7-9-15(14)16(12)2;2*1-2-4-5-3-1;1-2;/h6-9H,1H2,2-5H3;2*1-5H;2H,1H3;/q3*-1;;+3. The number of aromatic nitrogens is 1. The number of nitrogens with zero attached hydrogens (tertiary/aromatic N) is 1. The minimum Gasteiger partial charge on any atom is -0.400 e. The molecule has 0 aliphatic heterocycles. The van der Waals surface area contributed by atoms with Crippen molar-refractivity contribution in [2.75, 3.05) is 7.11 Å². The van der Waals surface area contributed by atoms with Crippen LogP contribution in [0.5, 0.6) is 0 Å². The Labute approximate surface area is 202 Å². The number of aliphatic hydroxyl groups is 1. The molecule has 2 nitrogen and oxygen atoms in total. The summed E-state index contributed by atoms with van der Waals surface area (Å²) >= 11 is 0. The van der Waals surface area contributed by atoms with Crippen molar-refractivity contribution in [3.05, 3.63) is 103 Å². The average Bonchev–Trinajstić information content (AvgIpc) is 3.49. The average molecular weight is 494 g/mol. The summed E-state index contributed by atoms with van der Waals surface area (Å²) in [5.74, 6) is 3.35. The van der Waals surface area contributed by atoms with E-state index < -0.39 is 8.07 Å². The first-order valence-electron chi connectivity index (χ1n) is 9.61. The fourth-order valence-electron chi connectivity index (χ4n) is 2.48. The first kappa shape index (κ1) is 28.0. The molecule has 0 bridgehead atoms. The Hall–Kier alpha value is -2.05. The summed E-state index contributed by atoms with van der Waals surface area (Å²) in [5.41, 5.74) is 6.73. The zero-order chi connectivity index (χ0) is 21.7. The van der Waals surface area contributed by atoms with Gasteiger partial charge >= 0.3 is 26.2 Å². The molecule has 0 amide bonds. The number of aryl methyl sites for hydroxylation is 1. The Morgan fingerprint density at radius 3 is 1.73 bits per heavy atom. The van der Waals surface area contributed by atoms with Crippen LogP contribution in [0.1, 0.15) is 11.3 Å². The van der Waals surface area contributed by atoms with Crippen molar-refractivity contribution in [2.45, 2.75) is 19.6 Å². The molecule has 0 aliphatic carbocycles. The number of benzene rings is 1. The fourth-order valence-corrected chi connectivity index (χ4v) is 2.98. The molecule has 4 rings (SSSR count). The first-order chi connectivity index (χ1) is 13.9. The van der Waals surface area contributed by atoms with Crippen LogP contribution in [0.2, 0.25) is 19.6 Å². The van der Waals surface area contributed by atoms with Crippen LogP contribution < -0.4 is 0 Å². The van der Waals surface area contributed by atoms with Gasteiger partial charge in [-0.25, -0.2) is 31.2 Å². The molecule has 30 heavy (non-hydrogen) atoms. The van der Waals surface area contributed by atoms with E-state index in [9.17, 15) is 0 Å². The molecule has 1 heterocycles. The van der Waals surface area contributed by atoms with Crippen molar-refractivity contribution in [1.82, 2.24) is 4.57 Å². The molecule has 0 atom stereocenters. The van der Waals surface area contributed by atoms with Crippen molar-refractivity contribution in [1.29, 1.82) is 0 Å². The molecule has 4 heteroatoms. The van der Waals surface area contributed by atoms with Gasteiger partial charge in [0.1, 0.15) is 8.07 Å². The molecule has 1 radical (unpaired) electrons. The second-order valence-corrected chi connectivity index (χ2v) is 12.1. The zero-order valence-corrected chi connectivity index (χ0v) is 22.1. The topological polar surface area (TPSA) is 25.2 Å². The fraction of sp³-hybridized carbons (Fsp3) is 0.192. The monoisotopic (exact) mass is 492 g/mol. The van der Waals surface area contributed by atoms with Crippen LogP contribution in [0, 0.1) is 18.4 Å². The Morgan fingerprint density at radius 2 is 1.33 bits per heavy atom. The molecule has 0 unspecified atom stereocenters. The third-order valence-corrected chi connectivity index (χ3v) is 4.78. The summed E-state index contributed by atoms with van der Waals surface area (Å²) in [6, 6.07) is 28.3. The second-order valence-electron chi connectivity index (χ2n) is 7.32. The molecule has 0 spiro atoms. The van der Waals surface area contributed by atoms with E-state index in [1.807, 2.05) is 67.7 Å². The SMILES string of the molecule is CO.[CH2-]c1c(C#C[Si](C)(C)C)c2ccccc2n1C.[Zr+3].c1cc[cH-]c1.c1cc[cH-]c1. The molecule has 155 valence electrons. The van der Waals surface area contributed by atoms with E-state index in [4.69, 9.17) is 5.11 Å². The third-order valence-electron chi connectivity index (χ3n) is 3.90. The zero-order valence-electron chi connectivity index (χ0n) is 18.7. The normalized spacial score (nSPS) is 9.27. The molecule has 1 aromatic heterocycles. The van der Waals surface area contributed by atoms with E-state index in [1.165, 1.54) is 10.9 Å². The predicted molar refractivity (Wildman–Crippen MR) is 130 cm³/mol. The Morgan fingerprint density at radius 1 is 0.867 bits per heavy atom. The largest absolute Gasteiger partial charge is 3.00 e. The molecule has 0 saturated carbocycles. The van der Waals surface area contributed by atoms with Gasteiger partial charge in [-0.2, -0.15) is 42.3 Å². The summed E-state index contributed by atoms with van der Waals surface area (Å²) in [6.07, 6.45) is 0. The third kappa shape index (κ3) is 9.63. The van der Waals surface area contributed by atoms with Gasteiger partial charge in [0.05, 0.1) is 0 Å². The summed E-state index contributed by atoms with van der Waals surface area (Å²) in [4.78, 5) is 0. The molecule has 0 saturated heterocycles. The van der Waals surface area contributed by atoms with Gasteiger partial charge in [-0.1, -0.05) is 48.8 Å². The van der Waals surface area contributed by atoms with Gasteiger partial charge in [-0.15, -0.1) is 11.2 Å². The molecule has 0 aliphatic rings. The van der Waals surface area contributed by atoms with Crippen LogP contribution in [0.4, 0.5) is 0 Å². The predicted octanol–water partition coefficient (Wildman–Crippen LogP) is 6.01. The van der Waals surface area contributed by atoms with Crippen LogP contribution in [0.3, 0.4) is 0 Å². The molecular formula is C26H32NOSiZr. The van der Waals surface area contributed by atoms with Gasteiger partial charge < -0.3 is 9.67 Å². The van der Waals surface area contributed by atoms with E-state index in [1.54, 1.807) is 0 Å². The quantitative estimate of drug-likeness (QED) is 0.181. The number of para-hydroxylation sites is 1. The van der Waals surface area contributed by atoms with Crippen LogP contribution in [0.25, 0.3) is 10.9 Å². The van der Waals surface area contributed by atoms with E-state index in [2.05, 4.69) is 66.9 Å². The van der Waals surface area contributed by atoms with Crippen LogP contribution >= 0.6 is 0 Å². The summed E-state index contributed by atoms with van der Waals surface area (Å²) in [6.45, 7) is 10.9. The minimum atomic E-state index is -1.34. The maximum atomic E-state index is 7.00. The molecule has 0 fully saturated rings. The summed E-state index contributed by atoms with van der Waals surface area (Å²) < 4.78 is 2.11. The van der Waals surface area contributed by atoms with Crippen molar-refractivity contribution < 1.29 is 31.3 Å².